The van der Waals surface area contributed by atoms with Gasteiger partial charge in [0.1, 0.15) is 12.4 Å². The summed E-state index contributed by atoms with van der Waals surface area (Å²) < 4.78 is 15.1. The maximum Gasteiger partial charge on any atom is 0.244 e. The van der Waals surface area contributed by atoms with Crippen LogP contribution < -0.4 is 16.5 Å². The molecule has 1 aromatic carbocycles. The molecule has 0 saturated heterocycles. The van der Waals surface area contributed by atoms with Gasteiger partial charge in [-0.2, -0.15) is 0 Å². The van der Waals surface area contributed by atoms with Gasteiger partial charge in [-0.25, -0.2) is 4.39 Å². The SMILES string of the molecule is Nc1cn(CC(=O)Nc2ccccc2F)cc(Br)c1=O. The Bertz CT molecular complexity index is 689. The molecule has 0 aliphatic heterocycles. The first-order valence-corrected chi connectivity index (χ1v) is 6.46. The number of hydrogen-bond acceptors (Lipinski definition) is 3. The number of pyridine rings is 1. The number of anilines is 2. The number of nitrogens with one attached hydrogen (secondary N) is 1. The monoisotopic (exact) mass is 339 g/mol. The van der Waals surface area contributed by atoms with Crippen LogP contribution in [0.25, 0.3) is 0 Å². The van der Waals surface area contributed by atoms with E-state index in [1.165, 1.54) is 35.2 Å². The molecule has 0 unspecified atom stereocenters. The molecule has 0 fully saturated rings. The standard InChI is InChI=1S/C13H11BrFN3O2/c14-8-5-18(6-10(16)13(8)20)7-12(19)17-11-4-2-1-3-9(11)15/h1-6H,7,16H2,(H,17,19). The predicted molar refractivity (Wildman–Crippen MR) is 77.8 cm³/mol. The highest BCUT2D eigenvalue weighted by atomic mass is 79.9. The van der Waals surface area contributed by atoms with Crippen LogP contribution in [-0.2, 0) is 11.3 Å². The van der Waals surface area contributed by atoms with Crippen molar-refractivity contribution in [2.75, 3.05) is 11.1 Å². The van der Waals surface area contributed by atoms with Gasteiger partial charge < -0.3 is 15.6 Å². The van der Waals surface area contributed by atoms with Crippen molar-refractivity contribution in [2.45, 2.75) is 6.54 Å². The van der Waals surface area contributed by atoms with E-state index in [1.807, 2.05) is 0 Å². The van der Waals surface area contributed by atoms with E-state index >= 15 is 0 Å². The van der Waals surface area contributed by atoms with Crippen molar-refractivity contribution in [1.82, 2.24) is 4.57 Å². The number of rotatable bonds is 3. The Hall–Kier alpha value is -2.15. The highest BCUT2D eigenvalue weighted by Gasteiger charge is 2.08. The van der Waals surface area contributed by atoms with Gasteiger partial charge in [0.05, 0.1) is 15.8 Å². The molecule has 0 bridgehead atoms. The topological polar surface area (TPSA) is 77.1 Å². The third-order valence-electron chi connectivity index (χ3n) is 2.54. The number of carbonyl (C=O) groups excluding carboxylic acids is 1. The van der Waals surface area contributed by atoms with Crippen LogP contribution in [0.5, 0.6) is 0 Å². The molecule has 0 atom stereocenters. The summed E-state index contributed by atoms with van der Waals surface area (Å²) in [7, 11) is 0. The van der Waals surface area contributed by atoms with Crippen LogP contribution in [0, 0.1) is 5.82 Å². The quantitative estimate of drug-likeness (QED) is 0.897. The van der Waals surface area contributed by atoms with Crippen molar-refractivity contribution in [3.63, 3.8) is 0 Å². The Morgan fingerprint density at radius 1 is 1.35 bits per heavy atom. The van der Waals surface area contributed by atoms with Gasteiger partial charge in [0, 0.05) is 12.4 Å². The lowest BCUT2D eigenvalue weighted by atomic mass is 10.3. The highest BCUT2D eigenvalue weighted by molar-refractivity contribution is 9.10. The number of nitrogen functional groups attached to an aromatic ring is 1. The fraction of sp³-hybridized carbons (Fsp3) is 0.0769. The molecule has 1 amide bonds. The molecule has 0 saturated carbocycles. The zero-order chi connectivity index (χ0) is 14.7. The fourth-order valence-corrected chi connectivity index (χ4v) is 2.12. The van der Waals surface area contributed by atoms with Gasteiger partial charge in [-0.15, -0.1) is 0 Å². The Labute approximate surface area is 122 Å². The molecule has 5 nitrogen and oxygen atoms in total. The van der Waals surface area contributed by atoms with Gasteiger partial charge >= 0.3 is 0 Å². The summed E-state index contributed by atoms with van der Waals surface area (Å²) in [5.74, 6) is -0.938. The molecule has 0 spiro atoms. The molecule has 0 aliphatic carbocycles. The number of nitrogens with two attached hydrogens (primary N) is 1. The molecule has 2 rings (SSSR count). The van der Waals surface area contributed by atoms with Crippen LogP contribution in [-0.4, -0.2) is 10.5 Å². The summed E-state index contributed by atoms with van der Waals surface area (Å²) in [6, 6.07) is 5.86. The van der Waals surface area contributed by atoms with Gasteiger partial charge in [0.15, 0.2) is 0 Å². The van der Waals surface area contributed by atoms with Crippen molar-refractivity contribution in [3.8, 4) is 0 Å². The molecule has 1 heterocycles. The van der Waals surface area contributed by atoms with E-state index in [4.69, 9.17) is 5.73 Å². The third kappa shape index (κ3) is 3.24. The molecule has 1 aromatic heterocycles. The van der Waals surface area contributed by atoms with Gasteiger partial charge in [-0.05, 0) is 28.1 Å². The average Bonchev–Trinajstić information content (AvgIpc) is 2.38. The van der Waals surface area contributed by atoms with E-state index in [-0.39, 0.29) is 27.8 Å². The Morgan fingerprint density at radius 3 is 2.70 bits per heavy atom. The second-order valence-electron chi connectivity index (χ2n) is 4.09. The smallest absolute Gasteiger partial charge is 0.244 e. The predicted octanol–water partition coefficient (Wildman–Crippen LogP) is 1.97. The number of aromatic nitrogens is 1. The van der Waals surface area contributed by atoms with E-state index in [1.54, 1.807) is 6.07 Å². The van der Waals surface area contributed by atoms with Crippen molar-refractivity contribution in [1.29, 1.82) is 0 Å². The zero-order valence-corrected chi connectivity index (χ0v) is 11.9. The number of nitrogens with zero attached hydrogens (tertiary/aromatic N) is 1. The number of hydrogen-bond donors (Lipinski definition) is 2. The molecule has 3 N–H and O–H groups in total. The first-order chi connectivity index (χ1) is 9.47. The summed E-state index contributed by atoms with van der Waals surface area (Å²) in [6.07, 6.45) is 2.80. The van der Waals surface area contributed by atoms with Crippen LogP contribution in [0.3, 0.4) is 0 Å². The van der Waals surface area contributed by atoms with E-state index < -0.39 is 11.7 Å². The van der Waals surface area contributed by atoms with Gasteiger partial charge in [-0.1, -0.05) is 12.1 Å². The minimum Gasteiger partial charge on any atom is -0.394 e. The lowest BCUT2D eigenvalue weighted by Gasteiger charge is -2.09. The fourth-order valence-electron chi connectivity index (χ4n) is 1.63. The lowest BCUT2D eigenvalue weighted by Crippen LogP contribution is -2.21. The van der Waals surface area contributed by atoms with E-state index in [0.717, 1.165) is 0 Å². The third-order valence-corrected chi connectivity index (χ3v) is 3.10. The Morgan fingerprint density at radius 2 is 2.05 bits per heavy atom. The molecule has 20 heavy (non-hydrogen) atoms. The number of para-hydroxylation sites is 1. The van der Waals surface area contributed by atoms with E-state index in [0.29, 0.717) is 0 Å². The Balaban J connectivity index is 2.13. The number of benzene rings is 1. The van der Waals surface area contributed by atoms with Crippen molar-refractivity contribution < 1.29 is 9.18 Å². The highest BCUT2D eigenvalue weighted by Crippen LogP contribution is 2.12. The summed E-state index contributed by atoms with van der Waals surface area (Å²) in [5.41, 5.74) is 5.31. The first-order valence-electron chi connectivity index (χ1n) is 5.67. The summed E-state index contributed by atoms with van der Waals surface area (Å²) >= 11 is 3.06. The van der Waals surface area contributed by atoms with Crippen LogP contribution >= 0.6 is 15.9 Å². The van der Waals surface area contributed by atoms with Crippen molar-refractivity contribution in [3.05, 3.63) is 57.2 Å². The summed E-state index contributed by atoms with van der Waals surface area (Å²) in [6.45, 7) is -0.0859. The molecular formula is C13H11BrFN3O2. The van der Waals surface area contributed by atoms with Gasteiger partial charge in [0.25, 0.3) is 0 Å². The van der Waals surface area contributed by atoms with Gasteiger partial charge in [-0.3, -0.25) is 9.59 Å². The molecule has 104 valence electrons. The largest absolute Gasteiger partial charge is 0.394 e. The lowest BCUT2D eigenvalue weighted by molar-refractivity contribution is -0.116. The van der Waals surface area contributed by atoms with Gasteiger partial charge in [0.2, 0.25) is 11.3 Å². The zero-order valence-electron chi connectivity index (χ0n) is 10.3. The van der Waals surface area contributed by atoms with Crippen LogP contribution in [0.2, 0.25) is 0 Å². The molecule has 0 aliphatic rings. The summed E-state index contributed by atoms with van der Waals surface area (Å²) in [5, 5.41) is 2.44. The molecule has 2 aromatic rings. The minimum absolute atomic E-state index is 0.0260. The maximum atomic E-state index is 13.4. The minimum atomic E-state index is -0.513. The Kier molecular flexibility index (Phi) is 4.19. The first kappa shape index (κ1) is 14.3. The van der Waals surface area contributed by atoms with Crippen LogP contribution in [0.15, 0.2) is 45.9 Å². The number of carbonyl (C=O) groups is 1. The summed E-state index contributed by atoms with van der Waals surface area (Å²) in [4.78, 5) is 23.2. The van der Waals surface area contributed by atoms with Crippen molar-refractivity contribution in [2.24, 2.45) is 0 Å². The van der Waals surface area contributed by atoms with Crippen LogP contribution in [0.1, 0.15) is 0 Å². The van der Waals surface area contributed by atoms with Crippen LogP contribution in [0.4, 0.5) is 15.8 Å². The second kappa shape index (κ2) is 5.87. The number of amides is 1. The maximum absolute atomic E-state index is 13.4. The molecule has 7 heteroatoms. The second-order valence-corrected chi connectivity index (χ2v) is 4.95. The molecular weight excluding hydrogens is 329 g/mol. The molecule has 0 radical (unpaired) electrons. The van der Waals surface area contributed by atoms with E-state index in [2.05, 4.69) is 21.2 Å². The average molecular weight is 340 g/mol. The van der Waals surface area contributed by atoms with Crippen molar-refractivity contribution >= 4 is 33.2 Å². The normalized spacial score (nSPS) is 10.3. The number of halogens is 2. The van der Waals surface area contributed by atoms with E-state index in [9.17, 15) is 14.0 Å².